The topological polar surface area (TPSA) is 22.1 Å². The van der Waals surface area contributed by atoms with Gasteiger partial charge in [-0.05, 0) is 0 Å². The van der Waals surface area contributed by atoms with Gasteiger partial charge in [-0.15, -0.1) is 0 Å². The summed E-state index contributed by atoms with van der Waals surface area (Å²) in [7, 11) is 0.372. The van der Waals surface area contributed by atoms with Crippen molar-refractivity contribution in [2.75, 3.05) is 7.11 Å². The van der Waals surface area contributed by atoms with Crippen LogP contribution in [0.2, 0.25) is 0 Å². The van der Waals surface area contributed by atoms with Gasteiger partial charge in [0.25, 0.3) is 5.95 Å². The third-order valence-electron chi connectivity index (χ3n) is 3.05. The van der Waals surface area contributed by atoms with Crippen LogP contribution in [0.15, 0.2) is 0 Å². The molecule has 0 radical (unpaired) electrons. The third kappa shape index (κ3) is 1.55. The highest BCUT2D eigenvalue weighted by Gasteiger charge is 2.86. The molecule has 0 amide bonds. The molecule has 0 N–H and O–H groups in total. The minimum absolute atomic E-state index is 0.372. The van der Waals surface area contributed by atoms with Crippen LogP contribution in [0.4, 0.5) is 43.9 Å². The number of pyridine rings is 1. The van der Waals surface area contributed by atoms with Crippen LogP contribution in [0.5, 0.6) is 5.75 Å². The van der Waals surface area contributed by atoms with Crippen LogP contribution >= 0.6 is 0 Å². The molecular formula is C10H3F10NO. The Morgan fingerprint density at radius 1 is 0.818 bits per heavy atom. The highest BCUT2D eigenvalue weighted by atomic mass is 19.4. The van der Waals surface area contributed by atoms with E-state index >= 15 is 0 Å². The van der Waals surface area contributed by atoms with Crippen LogP contribution in [-0.4, -0.2) is 23.9 Å². The highest BCUT2D eigenvalue weighted by molar-refractivity contribution is 5.48. The van der Waals surface area contributed by atoms with E-state index in [1.54, 1.807) is 0 Å². The van der Waals surface area contributed by atoms with E-state index in [-0.39, 0.29) is 0 Å². The molecule has 0 aliphatic heterocycles. The van der Waals surface area contributed by atoms with Crippen LogP contribution in [0.25, 0.3) is 0 Å². The summed E-state index contributed by atoms with van der Waals surface area (Å²) < 4.78 is 137. The van der Waals surface area contributed by atoms with E-state index in [9.17, 15) is 43.9 Å². The molecule has 12 heteroatoms. The largest absolute Gasteiger partial charge is 0.493 e. The summed E-state index contributed by atoms with van der Waals surface area (Å²) in [6, 6.07) is 0. The van der Waals surface area contributed by atoms with Crippen molar-refractivity contribution >= 4 is 0 Å². The Morgan fingerprint density at radius 3 is 1.73 bits per heavy atom. The van der Waals surface area contributed by atoms with Gasteiger partial charge in [-0.2, -0.15) is 43.9 Å². The highest BCUT2D eigenvalue weighted by Crippen LogP contribution is 2.65. The van der Waals surface area contributed by atoms with Gasteiger partial charge in [0.2, 0.25) is 5.82 Å². The zero-order chi connectivity index (χ0) is 17.3. The van der Waals surface area contributed by atoms with Gasteiger partial charge >= 0.3 is 23.7 Å². The Labute approximate surface area is 114 Å². The fourth-order valence-electron chi connectivity index (χ4n) is 1.92. The molecular weight excluding hydrogens is 340 g/mol. The molecule has 22 heavy (non-hydrogen) atoms. The molecule has 0 saturated heterocycles. The maximum absolute atomic E-state index is 13.6. The molecule has 0 fully saturated rings. The number of halogens is 10. The van der Waals surface area contributed by atoms with E-state index in [0.29, 0.717) is 7.11 Å². The van der Waals surface area contributed by atoms with Crippen LogP contribution in [0.1, 0.15) is 11.3 Å². The minimum atomic E-state index is -6.60. The quantitative estimate of drug-likeness (QED) is 0.571. The summed E-state index contributed by atoms with van der Waals surface area (Å²) in [4.78, 5) is 1.97. The maximum Gasteiger partial charge on any atom is 0.384 e. The van der Waals surface area contributed by atoms with Gasteiger partial charge in [-0.25, -0.2) is 4.98 Å². The first-order chi connectivity index (χ1) is 9.75. The molecule has 2 rings (SSSR count). The third-order valence-corrected chi connectivity index (χ3v) is 3.05. The number of ether oxygens (including phenoxy) is 1. The molecule has 1 aliphatic rings. The van der Waals surface area contributed by atoms with Gasteiger partial charge in [0.05, 0.1) is 7.11 Å². The van der Waals surface area contributed by atoms with E-state index < -0.39 is 52.5 Å². The van der Waals surface area contributed by atoms with Gasteiger partial charge in [0.1, 0.15) is 11.3 Å². The molecule has 1 aromatic heterocycles. The average Bonchev–Trinajstić information content (AvgIpc) is 2.38. The number of aromatic nitrogens is 1. The standard InChI is InChI=1S/C10H3F10NO/c1-22-4-2-5(21-6(12)3(4)11)8(15,16)10(19,20)9(17,18)7(2,13)14/h1H3. The second-order valence-electron chi connectivity index (χ2n) is 4.27. The van der Waals surface area contributed by atoms with Crippen molar-refractivity contribution in [1.82, 2.24) is 4.98 Å². The number of hydrogen-bond acceptors (Lipinski definition) is 2. The van der Waals surface area contributed by atoms with Crippen LogP contribution in [-0.2, 0) is 11.8 Å². The molecule has 0 atom stereocenters. The summed E-state index contributed by atoms with van der Waals surface area (Å²) in [5.41, 5.74) is -5.35. The van der Waals surface area contributed by atoms with E-state index in [0.717, 1.165) is 0 Å². The first kappa shape index (κ1) is 16.6. The Hall–Kier alpha value is -1.75. The van der Waals surface area contributed by atoms with Gasteiger partial charge in [0, 0.05) is 0 Å². The second kappa shape index (κ2) is 4.16. The molecule has 0 unspecified atom stereocenters. The molecule has 2 nitrogen and oxygen atoms in total. The lowest BCUT2D eigenvalue weighted by atomic mass is 9.82. The molecule has 1 heterocycles. The molecule has 1 aromatic rings. The zero-order valence-electron chi connectivity index (χ0n) is 10.1. The molecule has 0 saturated carbocycles. The Morgan fingerprint density at radius 2 is 1.27 bits per heavy atom. The predicted octanol–water partition coefficient (Wildman–Crippen LogP) is 3.84. The van der Waals surface area contributed by atoms with Crippen LogP contribution < -0.4 is 4.74 Å². The van der Waals surface area contributed by atoms with Crippen molar-refractivity contribution in [3.8, 4) is 5.75 Å². The van der Waals surface area contributed by atoms with Crippen molar-refractivity contribution in [2.24, 2.45) is 0 Å². The fraction of sp³-hybridized carbons (Fsp3) is 0.500. The van der Waals surface area contributed by atoms with Crippen LogP contribution in [0, 0.1) is 11.8 Å². The summed E-state index contributed by atoms with van der Waals surface area (Å²) in [6.07, 6.45) is 0. The first-order valence-corrected chi connectivity index (χ1v) is 5.20. The van der Waals surface area contributed by atoms with Gasteiger partial charge in [0.15, 0.2) is 5.75 Å². The second-order valence-corrected chi connectivity index (χ2v) is 4.27. The number of rotatable bonds is 1. The lowest BCUT2D eigenvalue weighted by molar-refractivity contribution is -0.388. The van der Waals surface area contributed by atoms with Gasteiger partial charge in [-0.1, -0.05) is 0 Å². The normalized spacial score (nSPS) is 23.8. The lowest BCUT2D eigenvalue weighted by Crippen LogP contribution is -2.64. The van der Waals surface area contributed by atoms with Crippen molar-refractivity contribution in [3.05, 3.63) is 23.0 Å². The minimum Gasteiger partial charge on any atom is -0.493 e. The van der Waals surface area contributed by atoms with E-state index in [2.05, 4.69) is 4.74 Å². The van der Waals surface area contributed by atoms with Gasteiger partial charge < -0.3 is 4.74 Å². The SMILES string of the molecule is COc1c(F)c(F)nc2c1C(F)(F)C(F)(F)C(F)(F)C2(F)F. The Bertz CT molecular complexity index is 641. The molecule has 1 aliphatic carbocycles. The van der Waals surface area contributed by atoms with Gasteiger partial charge in [-0.3, -0.25) is 0 Å². The summed E-state index contributed by atoms with van der Waals surface area (Å²) in [6.45, 7) is 0. The maximum atomic E-state index is 13.6. The molecule has 124 valence electrons. The molecule has 0 spiro atoms. The monoisotopic (exact) mass is 343 g/mol. The lowest BCUT2D eigenvalue weighted by Gasteiger charge is -2.42. The molecule has 0 aromatic carbocycles. The fourth-order valence-corrected chi connectivity index (χ4v) is 1.92. The number of alkyl halides is 8. The number of fused-ring (bicyclic) bond motifs is 1. The Balaban J connectivity index is 3.04. The zero-order valence-corrected chi connectivity index (χ0v) is 10.1. The predicted molar refractivity (Wildman–Crippen MR) is 48.4 cm³/mol. The van der Waals surface area contributed by atoms with Crippen molar-refractivity contribution in [3.63, 3.8) is 0 Å². The Kier molecular flexibility index (Phi) is 3.14. The van der Waals surface area contributed by atoms with Crippen molar-refractivity contribution in [2.45, 2.75) is 23.7 Å². The number of nitrogens with zero attached hydrogens (tertiary/aromatic N) is 1. The average molecular weight is 343 g/mol. The molecule has 0 bridgehead atoms. The number of methoxy groups -OCH3 is 1. The summed E-state index contributed by atoms with van der Waals surface area (Å²) >= 11 is 0. The smallest absolute Gasteiger partial charge is 0.384 e. The van der Waals surface area contributed by atoms with Crippen LogP contribution in [0.3, 0.4) is 0 Å². The van der Waals surface area contributed by atoms with E-state index in [1.165, 1.54) is 0 Å². The van der Waals surface area contributed by atoms with Crippen molar-refractivity contribution in [1.29, 1.82) is 0 Å². The van der Waals surface area contributed by atoms with E-state index in [4.69, 9.17) is 0 Å². The summed E-state index contributed by atoms with van der Waals surface area (Å²) in [5.74, 6) is -32.1. The summed E-state index contributed by atoms with van der Waals surface area (Å²) in [5, 5.41) is 0. The van der Waals surface area contributed by atoms with Crippen molar-refractivity contribution < 1.29 is 48.6 Å². The first-order valence-electron chi connectivity index (χ1n) is 5.20. The number of hydrogen-bond donors (Lipinski definition) is 0. The van der Waals surface area contributed by atoms with E-state index in [1.807, 2.05) is 4.98 Å².